The topological polar surface area (TPSA) is 69.6 Å². The molecule has 0 radical (unpaired) electrons. The molecule has 0 spiro atoms. The van der Waals surface area contributed by atoms with Crippen LogP contribution in [0.15, 0.2) is 95.8 Å². The molecule has 0 fully saturated rings. The first-order chi connectivity index (χ1) is 17.6. The van der Waals surface area contributed by atoms with E-state index in [2.05, 4.69) is 5.32 Å². The summed E-state index contributed by atoms with van der Waals surface area (Å²) < 4.78 is 12.2. The molecule has 5 rings (SSSR count). The Bertz CT molecular complexity index is 1600. The molecule has 1 aromatic heterocycles. The van der Waals surface area contributed by atoms with Crippen molar-refractivity contribution in [1.82, 2.24) is 9.88 Å². The molecule has 0 saturated carbocycles. The van der Waals surface area contributed by atoms with Gasteiger partial charge in [-0.2, -0.15) is 0 Å². The highest BCUT2D eigenvalue weighted by Crippen LogP contribution is 2.27. The monoisotopic (exact) mass is 478 g/mol. The average molecular weight is 479 g/mol. The molecule has 0 aliphatic carbocycles. The van der Waals surface area contributed by atoms with E-state index in [0.717, 1.165) is 33.4 Å². The summed E-state index contributed by atoms with van der Waals surface area (Å²) in [5.41, 5.74) is 3.08. The lowest BCUT2D eigenvalue weighted by molar-refractivity contribution is 0.0952. The molecular weight excluding hydrogens is 452 g/mol. The first-order valence-electron chi connectivity index (χ1n) is 11.7. The van der Waals surface area contributed by atoms with E-state index in [9.17, 15) is 9.59 Å². The van der Waals surface area contributed by atoms with Crippen molar-refractivity contribution in [1.29, 1.82) is 0 Å². The Hall–Kier alpha value is -4.58. The smallest absolute Gasteiger partial charge is 0.259 e. The Labute approximate surface area is 208 Å². The number of pyridine rings is 1. The Balaban J connectivity index is 1.58. The van der Waals surface area contributed by atoms with E-state index in [1.807, 2.05) is 84.9 Å². The lowest BCUT2D eigenvalue weighted by Crippen LogP contribution is -2.25. The molecule has 5 aromatic rings. The fourth-order valence-corrected chi connectivity index (χ4v) is 4.47. The van der Waals surface area contributed by atoms with Gasteiger partial charge in [0, 0.05) is 22.9 Å². The molecule has 4 aromatic carbocycles. The van der Waals surface area contributed by atoms with Gasteiger partial charge in [-0.1, -0.05) is 48.5 Å². The Kier molecular flexibility index (Phi) is 6.41. The van der Waals surface area contributed by atoms with Gasteiger partial charge in [0.15, 0.2) is 0 Å². The molecule has 0 saturated heterocycles. The number of methoxy groups -OCH3 is 2. The van der Waals surface area contributed by atoms with Crippen LogP contribution in [0.5, 0.6) is 11.5 Å². The van der Waals surface area contributed by atoms with E-state index in [4.69, 9.17) is 9.47 Å². The van der Waals surface area contributed by atoms with Crippen LogP contribution in [-0.4, -0.2) is 24.7 Å². The molecule has 0 bridgehead atoms. The largest absolute Gasteiger partial charge is 0.497 e. The Morgan fingerprint density at radius 1 is 0.750 bits per heavy atom. The number of nitrogens with zero attached hydrogens (tertiary/aromatic N) is 1. The first kappa shape index (κ1) is 23.2. The normalized spacial score (nSPS) is 10.9. The van der Waals surface area contributed by atoms with Crippen LogP contribution in [-0.2, 0) is 13.1 Å². The summed E-state index contributed by atoms with van der Waals surface area (Å²) in [6, 6.07) is 28.2. The second-order valence-corrected chi connectivity index (χ2v) is 8.52. The quantitative estimate of drug-likeness (QED) is 0.329. The fourth-order valence-electron chi connectivity index (χ4n) is 4.47. The third-order valence-electron chi connectivity index (χ3n) is 6.36. The average Bonchev–Trinajstić information content (AvgIpc) is 2.94. The lowest BCUT2D eigenvalue weighted by atomic mass is 10.00. The second-order valence-electron chi connectivity index (χ2n) is 8.52. The van der Waals surface area contributed by atoms with E-state index in [0.29, 0.717) is 29.6 Å². The van der Waals surface area contributed by atoms with Crippen molar-refractivity contribution in [2.24, 2.45) is 0 Å². The molecule has 6 heteroatoms. The number of fused-ring (bicyclic) bond motifs is 3. The molecule has 36 heavy (non-hydrogen) atoms. The van der Waals surface area contributed by atoms with Crippen molar-refractivity contribution in [3.8, 4) is 11.5 Å². The van der Waals surface area contributed by atoms with Crippen molar-refractivity contribution < 1.29 is 14.3 Å². The van der Waals surface area contributed by atoms with E-state index < -0.39 is 0 Å². The van der Waals surface area contributed by atoms with E-state index >= 15 is 0 Å². The molecule has 6 nitrogen and oxygen atoms in total. The minimum atomic E-state index is -0.198. The van der Waals surface area contributed by atoms with Gasteiger partial charge in [-0.15, -0.1) is 0 Å². The van der Waals surface area contributed by atoms with Gasteiger partial charge < -0.3 is 19.4 Å². The Morgan fingerprint density at radius 2 is 1.36 bits per heavy atom. The van der Waals surface area contributed by atoms with Crippen LogP contribution in [0, 0.1) is 0 Å². The van der Waals surface area contributed by atoms with Gasteiger partial charge in [0.2, 0.25) is 0 Å². The number of nitrogens with one attached hydrogen (secondary N) is 1. The van der Waals surface area contributed by atoms with Gasteiger partial charge in [-0.05, 0) is 59.0 Å². The number of carbonyl (C=O) groups excluding carboxylic acids is 1. The second kappa shape index (κ2) is 9.96. The molecule has 1 N–H and O–H groups in total. The zero-order valence-corrected chi connectivity index (χ0v) is 20.2. The summed E-state index contributed by atoms with van der Waals surface area (Å²) in [5, 5.41) is 5.12. The standard InChI is InChI=1S/C30H26N2O4/c1-35-22-14-10-20(11-15-22)18-31-29(33)26-8-5-9-27-28(26)24-6-3-4-7-25(24)30(34)32(27)19-21-12-16-23(36-2)17-13-21/h3-17H,18-19H2,1-2H3,(H,31,33). The number of carbonyl (C=O) groups is 1. The summed E-state index contributed by atoms with van der Waals surface area (Å²) in [5.74, 6) is 1.32. The van der Waals surface area contributed by atoms with Crippen LogP contribution in [0.4, 0.5) is 0 Å². The molecule has 180 valence electrons. The number of hydrogen-bond donors (Lipinski definition) is 1. The highest BCUT2D eigenvalue weighted by atomic mass is 16.5. The molecule has 0 atom stereocenters. The van der Waals surface area contributed by atoms with Gasteiger partial charge in [0.1, 0.15) is 11.5 Å². The molecular formula is C30H26N2O4. The van der Waals surface area contributed by atoms with Crippen LogP contribution in [0.3, 0.4) is 0 Å². The number of amides is 1. The van der Waals surface area contributed by atoms with Gasteiger partial charge in [0.05, 0.1) is 26.3 Å². The van der Waals surface area contributed by atoms with Crippen molar-refractivity contribution in [3.63, 3.8) is 0 Å². The number of rotatable bonds is 7. The number of hydrogen-bond acceptors (Lipinski definition) is 4. The van der Waals surface area contributed by atoms with Crippen LogP contribution >= 0.6 is 0 Å². The summed E-state index contributed by atoms with van der Waals surface area (Å²) in [4.78, 5) is 26.9. The van der Waals surface area contributed by atoms with Gasteiger partial charge in [0.25, 0.3) is 11.5 Å². The molecule has 1 amide bonds. The minimum Gasteiger partial charge on any atom is -0.497 e. The van der Waals surface area contributed by atoms with E-state index in [1.165, 1.54) is 0 Å². The summed E-state index contributed by atoms with van der Waals surface area (Å²) >= 11 is 0. The molecule has 1 heterocycles. The third kappa shape index (κ3) is 4.41. The molecule has 0 unspecified atom stereocenters. The molecule has 0 aliphatic heterocycles. The van der Waals surface area contributed by atoms with Crippen molar-refractivity contribution in [2.45, 2.75) is 13.1 Å². The Morgan fingerprint density at radius 3 is 2.00 bits per heavy atom. The number of benzene rings is 4. The highest BCUT2D eigenvalue weighted by Gasteiger charge is 2.17. The van der Waals surface area contributed by atoms with Crippen LogP contribution in [0.1, 0.15) is 21.5 Å². The summed E-state index contributed by atoms with van der Waals surface area (Å²) in [6.45, 7) is 0.754. The van der Waals surface area contributed by atoms with Crippen molar-refractivity contribution >= 4 is 27.6 Å². The maximum atomic E-state index is 13.5. The zero-order chi connectivity index (χ0) is 25.1. The van der Waals surface area contributed by atoms with Crippen LogP contribution in [0.25, 0.3) is 21.7 Å². The van der Waals surface area contributed by atoms with Crippen LogP contribution < -0.4 is 20.3 Å². The van der Waals surface area contributed by atoms with Crippen LogP contribution in [0.2, 0.25) is 0 Å². The van der Waals surface area contributed by atoms with Gasteiger partial charge >= 0.3 is 0 Å². The van der Waals surface area contributed by atoms with E-state index in [-0.39, 0.29) is 11.5 Å². The summed E-state index contributed by atoms with van der Waals surface area (Å²) in [6.07, 6.45) is 0. The highest BCUT2D eigenvalue weighted by molar-refractivity contribution is 6.16. The minimum absolute atomic E-state index is 0.0929. The fraction of sp³-hybridized carbons (Fsp3) is 0.133. The number of ether oxygens (including phenoxy) is 2. The van der Waals surface area contributed by atoms with Gasteiger partial charge in [-0.3, -0.25) is 9.59 Å². The SMILES string of the molecule is COc1ccc(CNC(=O)c2cccc3c2c2ccccc2c(=O)n3Cc2ccc(OC)cc2)cc1. The lowest BCUT2D eigenvalue weighted by Gasteiger charge is -2.16. The zero-order valence-electron chi connectivity index (χ0n) is 20.2. The third-order valence-corrected chi connectivity index (χ3v) is 6.36. The summed E-state index contributed by atoms with van der Waals surface area (Å²) in [7, 11) is 3.24. The first-order valence-corrected chi connectivity index (χ1v) is 11.7. The maximum Gasteiger partial charge on any atom is 0.259 e. The molecule has 0 aliphatic rings. The number of aromatic nitrogens is 1. The predicted octanol–water partition coefficient (Wildman–Crippen LogP) is 5.15. The van der Waals surface area contributed by atoms with Crippen molar-refractivity contribution in [3.05, 3.63) is 118 Å². The van der Waals surface area contributed by atoms with Crippen molar-refractivity contribution in [2.75, 3.05) is 14.2 Å². The van der Waals surface area contributed by atoms with E-state index in [1.54, 1.807) is 24.9 Å². The predicted molar refractivity (Wildman–Crippen MR) is 142 cm³/mol. The maximum absolute atomic E-state index is 13.5. The van der Waals surface area contributed by atoms with Gasteiger partial charge in [-0.25, -0.2) is 0 Å².